The van der Waals surface area contributed by atoms with Crippen LogP contribution in [0.4, 0.5) is 48.3 Å². The van der Waals surface area contributed by atoms with Gasteiger partial charge in [-0.05, 0) is 54.8 Å². The van der Waals surface area contributed by atoms with Crippen LogP contribution in [0.2, 0.25) is 0 Å². The first-order chi connectivity index (χ1) is 18.5. The molecule has 0 amide bonds. The van der Waals surface area contributed by atoms with Crippen LogP contribution in [0, 0.1) is 23.3 Å². The first-order valence-corrected chi connectivity index (χ1v) is 11.5. The maximum atomic E-state index is 14.6. The van der Waals surface area contributed by atoms with Crippen LogP contribution in [0.1, 0.15) is 42.9 Å². The molecule has 0 aromatic heterocycles. The van der Waals surface area contributed by atoms with E-state index in [0.717, 1.165) is 25.0 Å². The molecule has 3 rings (SSSR count). The number of halogens is 11. The Morgan fingerprint density at radius 3 is 1.62 bits per heavy atom. The standard InChI is InChI=1S/C26H19F11O3/c1-2-3-4-5-14-10-18(27)22(19(28)11-14)25(33,34)38-16-8-6-15(7-9-16)24(31,32)39-17-12-20(29)23(21(30)13-17)40-26(35,36)37/h6-13H,2-5H2,1H3. The SMILES string of the molecule is CCCCCc1cc(F)c(C(F)(F)Oc2ccc(C(F)(F)Oc3cc(F)c(OC(F)(F)F)c(F)c3)cc2)c(F)c1. The third-order valence-corrected chi connectivity index (χ3v) is 5.33. The second-order valence-corrected chi connectivity index (χ2v) is 8.42. The number of aryl methyl sites for hydroxylation is 1. The highest BCUT2D eigenvalue weighted by Gasteiger charge is 2.42. The molecule has 0 saturated heterocycles. The Morgan fingerprint density at radius 1 is 0.600 bits per heavy atom. The summed E-state index contributed by atoms with van der Waals surface area (Å²) in [7, 11) is 0. The summed E-state index contributed by atoms with van der Waals surface area (Å²) in [6.07, 6.45) is -12.0. The van der Waals surface area contributed by atoms with Gasteiger partial charge in [-0.1, -0.05) is 19.8 Å². The predicted molar refractivity (Wildman–Crippen MR) is 118 cm³/mol. The number of unbranched alkanes of at least 4 members (excludes halogenated alkanes) is 2. The zero-order chi connectivity index (χ0) is 29.9. The van der Waals surface area contributed by atoms with E-state index in [0.29, 0.717) is 30.7 Å². The smallest absolute Gasteiger partial charge is 0.429 e. The molecule has 40 heavy (non-hydrogen) atoms. The van der Waals surface area contributed by atoms with Gasteiger partial charge in [0, 0.05) is 12.1 Å². The fourth-order valence-corrected chi connectivity index (χ4v) is 3.56. The zero-order valence-corrected chi connectivity index (χ0v) is 20.3. The number of hydrogen-bond acceptors (Lipinski definition) is 3. The van der Waals surface area contributed by atoms with E-state index in [2.05, 4.69) is 14.2 Å². The van der Waals surface area contributed by atoms with E-state index < -0.39 is 70.2 Å². The second kappa shape index (κ2) is 11.8. The van der Waals surface area contributed by atoms with Crippen molar-refractivity contribution in [2.24, 2.45) is 0 Å². The van der Waals surface area contributed by atoms with Crippen molar-refractivity contribution in [1.82, 2.24) is 0 Å². The number of rotatable bonds is 11. The van der Waals surface area contributed by atoms with Gasteiger partial charge in [0.1, 0.15) is 28.7 Å². The molecule has 0 fully saturated rings. The van der Waals surface area contributed by atoms with Crippen LogP contribution in [-0.2, 0) is 18.6 Å². The van der Waals surface area contributed by atoms with E-state index in [4.69, 9.17) is 0 Å². The summed E-state index contributed by atoms with van der Waals surface area (Å²) in [4.78, 5) is 0. The van der Waals surface area contributed by atoms with Gasteiger partial charge >= 0.3 is 18.6 Å². The minimum atomic E-state index is -5.47. The molecule has 0 aliphatic rings. The molecular weight excluding hydrogens is 569 g/mol. The number of benzene rings is 3. The lowest BCUT2D eigenvalue weighted by Gasteiger charge is -2.21. The summed E-state index contributed by atoms with van der Waals surface area (Å²) in [5.41, 5.74) is -2.59. The van der Waals surface area contributed by atoms with E-state index in [1.807, 2.05) is 6.92 Å². The Hall–Kier alpha value is -3.71. The van der Waals surface area contributed by atoms with Crippen LogP contribution >= 0.6 is 0 Å². The van der Waals surface area contributed by atoms with Gasteiger partial charge < -0.3 is 14.2 Å². The Labute approximate surface area is 220 Å². The van der Waals surface area contributed by atoms with Crippen molar-refractivity contribution in [2.45, 2.75) is 51.2 Å². The molecule has 14 heteroatoms. The average Bonchev–Trinajstić information content (AvgIpc) is 2.80. The molecule has 0 aliphatic carbocycles. The minimum Gasteiger partial charge on any atom is -0.429 e. The van der Waals surface area contributed by atoms with Gasteiger partial charge in [-0.25, -0.2) is 17.6 Å². The van der Waals surface area contributed by atoms with Crippen LogP contribution < -0.4 is 14.2 Å². The second-order valence-electron chi connectivity index (χ2n) is 8.42. The molecule has 0 spiro atoms. The Balaban J connectivity index is 1.76. The summed E-state index contributed by atoms with van der Waals surface area (Å²) >= 11 is 0. The van der Waals surface area contributed by atoms with Gasteiger partial charge in [0.05, 0.1) is 5.56 Å². The molecule has 0 atom stereocenters. The summed E-state index contributed by atoms with van der Waals surface area (Å²) in [6.45, 7) is 1.91. The van der Waals surface area contributed by atoms with E-state index in [1.54, 1.807) is 0 Å². The van der Waals surface area contributed by atoms with Crippen molar-refractivity contribution in [3.63, 3.8) is 0 Å². The van der Waals surface area contributed by atoms with Gasteiger partial charge in [0.25, 0.3) is 0 Å². The molecule has 0 unspecified atom stereocenters. The quantitative estimate of drug-likeness (QED) is 0.165. The fourth-order valence-electron chi connectivity index (χ4n) is 3.56. The van der Waals surface area contributed by atoms with Crippen molar-refractivity contribution in [2.75, 3.05) is 0 Å². The van der Waals surface area contributed by atoms with Crippen LogP contribution in [0.25, 0.3) is 0 Å². The van der Waals surface area contributed by atoms with E-state index in [-0.39, 0.29) is 24.1 Å². The van der Waals surface area contributed by atoms with Gasteiger partial charge in [-0.15, -0.1) is 13.2 Å². The fraction of sp³-hybridized carbons (Fsp3) is 0.308. The summed E-state index contributed by atoms with van der Waals surface area (Å²) in [5, 5.41) is 0. The molecule has 0 N–H and O–H groups in total. The topological polar surface area (TPSA) is 27.7 Å². The monoisotopic (exact) mass is 588 g/mol. The highest BCUT2D eigenvalue weighted by Crippen LogP contribution is 2.39. The van der Waals surface area contributed by atoms with Gasteiger partial charge in [-0.3, -0.25) is 0 Å². The molecule has 3 nitrogen and oxygen atoms in total. The molecule has 218 valence electrons. The largest absolute Gasteiger partial charge is 0.573 e. The lowest BCUT2D eigenvalue weighted by molar-refractivity contribution is -0.276. The van der Waals surface area contributed by atoms with Crippen molar-refractivity contribution in [1.29, 1.82) is 0 Å². The van der Waals surface area contributed by atoms with Crippen LogP contribution in [0.3, 0.4) is 0 Å². The number of hydrogen-bond donors (Lipinski definition) is 0. The van der Waals surface area contributed by atoms with Crippen molar-refractivity contribution < 1.29 is 62.5 Å². The first kappa shape index (κ1) is 30.8. The van der Waals surface area contributed by atoms with Crippen molar-refractivity contribution in [3.05, 3.63) is 88.5 Å². The summed E-state index contributed by atoms with van der Waals surface area (Å²) in [6, 6.07) is 3.68. The first-order valence-electron chi connectivity index (χ1n) is 11.5. The molecule has 0 radical (unpaired) electrons. The van der Waals surface area contributed by atoms with Gasteiger partial charge in [0.15, 0.2) is 11.6 Å². The lowest BCUT2D eigenvalue weighted by Crippen LogP contribution is -2.26. The summed E-state index contributed by atoms with van der Waals surface area (Å²) in [5.74, 6) is -11.1. The number of ether oxygens (including phenoxy) is 3. The Kier molecular flexibility index (Phi) is 9.10. The van der Waals surface area contributed by atoms with Crippen molar-refractivity contribution in [3.8, 4) is 17.2 Å². The van der Waals surface area contributed by atoms with Gasteiger partial charge in [0.2, 0.25) is 5.75 Å². The maximum absolute atomic E-state index is 14.6. The Bertz CT molecular complexity index is 1280. The number of alkyl halides is 7. The molecule has 0 heterocycles. The van der Waals surface area contributed by atoms with Crippen LogP contribution in [-0.4, -0.2) is 6.36 Å². The van der Waals surface area contributed by atoms with Crippen LogP contribution in [0.15, 0.2) is 48.5 Å². The van der Waals surface area contributed by atoms with E-state index in [1.165, 1.54) is 0 Å². The Morgan fingerprint density at radius 2 is 1.12 bits per heavy atom. The summed E-state index contributed by atoms with van der Waals surface area (Å²) < 4.78 is 163. The zero-order valence-electron chi connectivity index (χ0n) is 20.3. The molecule has 0 bridgehead atoms. The molecule has 3 aromatic carbocycles. The third-order valence-electron chi connectivity index (χ3n) is 5.33. The molecule has 3 aromatic rings. The molecule has 0 saturated carbocycles. The van der Waals surface area contributed by atoms with E-state index >= 15 is 0 Å². The van der Waals surface area contributed by atoms with Crippen LogP contribution in [0.5, 0.6) is 17.2 Å². The highest BCUT2D eigenvalue weighted by molar-refractivity contribution is 5.37. The molecular formula is C26H19F11O3. The van der Waals surface area contributed by atoms with E-state index in [9.17, 15) is 48.3 Å². The average molecular weight is 588 g/mol. The maximum Gasteiger partial charge on any atom is 0.573 e. The third kappa shape index (κ3) is 7.69. The molecule has 0 aliphatic heterocycles. The van der Waals surface area contributed by atoms with Crippen molar-refractivity contribution >= 4 is 0 Å². The minimum absolute atomic E-state index is 0.00821. The predicted octanol–water partition coefficient (Wildman–Crippen LogP) is 9.13. The normalized spacial score (nSPS) is 12.4. The lowest BCUT2D eigenvalue weighted by atomic mass is 10.0. The highest BCUT2D eigenvalue weighted by atomic mass is 19.4. The van der Waals surface area contributed by atoms with Gasteiger partial charge in [-0.2, -0.15) is 17.6 Å².